The first-order valence-electron chi connectivity index (χ1n) is 4.62. The van der Waals surface area contributed by atoms with E-state index in [1.807, 2.05) is 0 Å². The second kappa shape index (κ2) is 3.34. The van der Waals surface area contributed by atoms with E-state index in [1.54, 1.807) is 0 Å². The molecule has 0 saturated heterocycles. The maximum atomic E-state index is 11.5. The molecule has 1 amide bonds. The highest BCUT2D eigenvalue weighted by Crippen LogP contribution is 2.21. The van der Waals surface area contributed by atoms with Crippen LogP contribution >= 0.6 is 0 Å². The Hall–Kier alpha value is -1.37. The highest BCUT2D eigenvalue weighted by molar-refractivity contribution is 7.95. The summed E-state index contributed by atoms with van der Waals surface area (Å²) in [7, 11) is -3.85. The molecule has 0 aromatic heterocycles. The van der Waals surface area contributed by atoms with Crippen molar-refractivity contribution in [3.05, 3.63) is 11.0 Å². The number of nitrogens with two attached hydrogens (primary N) is 1. The predicted molar refractivity (Wildman–Crippen MR) is 54.4 cm³/mol. The predicted octanol–water partition coefficient (Wildman–Crippen LogP) is -0.760. The summed E-state index contributed by atoms with van der Waals surface area (Å²) in [6.45, 7) is 0. The number of sulfonamides is 1. The van der Waals surface area contributed by atoms with Gasteiger partial charge in [-0.05, 0) is 19.3 Å². The van der Waals surface area contributed by atoms with Crippen LogP contribution in [0.2, 0.25) is 0 Å². The van der Waals surface area contributed by atoms with Crippen molar-refractivity contribution in [3.8, 4) is 0 Å². The van der Waals surface area contributed by atoms with Gasteiger partial charge >= 0.3 is 0 Å². The molecule has 0 bridgehead atoms. The van der Waals surface area contributed by atoms with Gasteiger partial charge in [-0.2, -0.15) is 8.42 Å². The van der Waals surface area contributed by atoms with Crippen LogP contribution in [0.5, 0.6) is 0 Å². The van der Waals surface area contributed by atoms with Gasteiger partial charge in [0.2, 0.25) is 0 Å². The molecule has 1 aliphatic carbocycles. The van der Waals surface area contributed by atoms with Crippen molar-refractivity contribution in [2.45, 2.75) is 25.3 Å². The Morgan fingerprint density at radius 3 is 2.60 bits per heavy atom. The lowest BCUT2D eigenvalue weighted by Gasteiger charge is -2.26. The first-order valence-corrected chi connectivity index (χ1v) is 6.06. The molecule has 2 aliphatic rings. The standard InChI is InChI=1S/C8H11N3O3S/c9-7-4-6(15(13,14)11-7)8(12)10-5-2-1-3-5/h4-5H,1-3H2,(H2,9,11)(H,10,12). The van der Waals surface area contributed by atoms with Gasteiger partial charge in [-0.25, -0.2) is 0 Å². The maximum Gasteiger partial charge on any atom is 0.289 e. The van der Waals surface area contributed by atoms with Crippen molar-refractivity contribution < 1.29 is 13.2 Å². The van der Waals surface area contributed by atoms with Gasteiger partial charge in [0.1, 0.15) is 5.84 Å². The van der Waals surface area contributed by atoms with Crippen LogP contribution in [0.15, 0.2) is 15.4 Å². The zero-order valence-electron chi connectivity index (χ0n) is 7.93. The molecule has 2 rings (SSSR count). The summed E-state index contributed by atoms with van der Waals surface area (Å²) >= 11 is 0. The number of hydrogen-bond donors (Lipinski definition) is 2. The van der Waals surface area contributed by atoms with Gasteiger partial charge in [0.15, 0.2) is 4.91 Å². The fraction of sp³-hybridized carbons (Fsp3) is 0.500. The van der Waals surface area contributed by atoms with Gasteiger partial charge in [-0.1, -0.05) is 0 Å². The zero-order chi connectivity index (χ0) is 11.1. The maximum absolute atomic E-state index is 11.5. The van der Waals surface area contributed by atoms with Crippen molar-refractivity contribution in [1.29, 1.82) is 0 Å². The Morgan fingerprint density at radius 2 is 2.20 bits per heavy atom. The molecule has 1 fully saturated rings. The molecule has 0 aromatic carbocycles. The van der Waals surface area contributed by atoms with Gasteiger partial charge < -0.3 is 11.1 Å². The largest absolute Gasteiger partial charge is 0.383 e. The van der Waals surface area contributed by atoms with Crippen molar-refractivity contribution in [3.63, 3.8) is 0 Å². The molecule has 1 aliphatic heterocycles. The van der Waals surface area contributed by atoms with E-state index in [0.717, 1.165) is 25.3 Å². The summed E-state index contributed by atoms with van der Waals surface area (Å²) < 4.78 is 25.8. The van der Waals surface area contributed by atoms with Crippen molar-refractivity contribution in [2.75, 3.05) is 0 Å². The number of carbonyl (C=O) groups is 1. The Kier molecular flexibility index (Phi) is 2.26. The molecule has 0 spiro atoms. The number of amides is 1. The van der Waals surface area contributed by atoms with E-state index in [1.165, 1.54) is 0 Å². The van der Waals surface area contributed by atoms with Crippen molar-refractivity contribution in [1.82, 2.24) is 5.32 Å². The first kappa shape index (κ1) is 10.2. The smallest absolute Gasteiger partial charge is 0.289 e. The second-order valence-electron chi connectivity index (χ2n) is 3.60. The third-order valence-electron chi connectivity index (χ3n) is 2.45. The van der Waals surface area contributed by atoms with E-state index in [-0.39, 0.29) is 16.8 Å². The minimum Gasteiger partial charge on any atom is -0.383 e. The Labute approximate surface area is 87.3 Å². The molecule has 1 saturated carbocycles. The quantitative estimate of drug-likeness (QED) is 0.649. The monoisotopic (exact) mass is 229 g/mol. The number of carbonyl (C=O) groups excluding carboxylic acids is 1. The molecule has 82 valence electrons. The molecular weight excluding hydrogens is 218 g/mol. The Balaban J connectivity index is 2.12. The van der Waals surface area contributed by atoms with E-state index in [9.17, 15) is 13.2 Å². The van der Waals surface area contributed by atoms with E-state index in [0.29, 0.717) is 0 Å². The molecule has 0 atom stereocenters. The second-order valence-corrected chi connectivity index (χ2v) is 5.17. The third-order valence-corrected chi connectivity index (χ3v) is 3.76. The van der Waals surface area contributed by atoms with Gasteiger partial charge in [0.05, 0.1) is 0 Å². The van der Waals surface area contributed by atoms with E-state index >= 15 is 0 Å². The van der Waals surface area contributed by atoms with Crippen LogP contribution in [0.4, 0.5) is 0 Å². The normalized spacial score (nSPS) is 24.0. The number of nitrogens with one attached hydrogen (secondary N) is 1. The molecule has 6 nitrogen and oxygen atoms in total. The highest BCUT2D eigenvalue weighted by atomic mass is 32.2. The molecule has 7 heteroatoms. The van der Waals surface area contributed by atoms with Crippen LogP contribution in [0.1, 0.15) is 19.3 Å². The Morgan fingerprint density at radius 1 is 1.53 bits per heavy atom. The summed E-state index contributed by atoms with van der Waals surface area (Å²) in [5.41, 5.74) is 5.23. The molecule has 0 radical (unpaired) electrons. The molecule has 0 unspecified atom stereocenters. The highest BCUT2D eigenvalue weighted by Gasteiger charge is 2.31. The lowest BCUT2D eigenvalue weighted by atomic mass is 9.93. The minimum atomic E-state index is -3.85. The SMILES string of the molecule is NC1=NS(=O)(=O)C(C(=O)NC2CCC2)=C1. The molecular formula is C8H11N3O3S. The molecule has 0 aromatic rings. The summed E-state index contributed by atoms with van der Waals surface area (Å²) in [6, 6.07) is 0.0930. The molecule has 3 N–H and O–H groups in total. The van der Waals surface area contributed by atoms with E-state index in [2.05, 4.69) is 9.71 Å². The average Bonchev–Trinajstić information content (AvgIpc) is 2.31. The van der Waals surface area contributed by atoms with E-state index < -0.39 is 15.9 Å². The summed E-state index contributed by atoms with van der Waals surface area (Å²) in [6.07, 6.45) is 3.95. The fourth-order valence-corrected chi connectivity index (χ4v) is 2.41. The Bertz CT molecular complexity index is 460. The van der Waals surface area contributed by atoms with Crippen LogP contribution in [0.3, 0.4) is 0 Å². The zero-order valence-corrected chi connectivity index (χ0v) is 8.75. The van der Waals surface area contributed by atoms with Crippen molar-refractivity contribution >= 4 is 21.8 Å². The van der Waals surface area contributed by atoms with Crippen LogP contribution in [-0.4, -0.2) is 26.2 Å². The van der Waals surface area contributed by atoms with Crippen LogP contribution in [0, 0.1) is 0 Å². The van der Waals surface area contributed by atoms with Gasteiger partial charge in [-0.15, -0.1) is 4.40 Å². The summed E-state index contributed by atoms with van der Waals surface area (Å²) in [5.74, 6) is -0.752. The molecule has 15 heavy (non-hydrogen) atoms. The lowest BCUT2D eigenvalue weighted by molar-refractivity contribution is -0.118. The number of amidine groups is 1. The first-order chi connectivity index (χ1) is 6.99. The number of hydrogen-bond acceptors (Lipinski definition) is 4. The van der Waals surface area contributed by atoms with Gasteiger partial charge in [-0.3, -0.25) is 4.79 Å². The number of rotatable bonds is 2. The fourth-order valence-electron chi connectivity index (χ4n) is 1.41. The number of nitrogens with zero attached hydrogens (tertiary/aromatic N) is 1. The van der Waals surface area contributed by atoms with Gasteiger partial charge in [0, 0.05) is 12.1 Å². The third kappa shape index (κ3) is 1.87. The summed E-state index contributed by atoms with van der Waals surface area (Å²) in [4.78, 5) is 11.2. The molecule has 1 heterocycles. The van der Waals surface area contributed by atoms with Crippen molar-refractivity contribution in [2.24, 2.45) is 10.1 Å². The summed E-state index contributed by atoms with van der Waals surface area (Å²) in [5, 5.41) is 2.62. The van der Waals surface area contributed by atoms with Crippen LogP contribution < -0.4 is 11.1 Å². The average molecular weight is 229 g/mol. The van der Waals surface area contributed by atoms with E-state index in [4.69, 9.17) is 5.73 Å². The lowest BCUT2D eigenvalue weighted by Crippen LogP contribution is -2.40. The topological polar surface area (TPSA) is 102 Å². The van der Waals surface area contributed by atoms with Crippen LogP contribution in [0.25, 0.3) is 0 Å². The minimum absolute atomic E-state index is 0.0930. The van der Waals surface area contributed by atoms with Crippen LogP contribution in [-0.2, 0) is 14.8 Å². The van der Waals surface area contributed by atoms with Gasteiger partial charge in [0.25, 0.3) is 15.9 Å².